The Hall–Kier alpha value is -0.400. The Bertz CT molecular complexity index is 431. The van der Waals surface area contributed by atoms with Crippen LogP contribution in [0, 0.1) is 0 Å². The van der Waals surface area contributed by atoms with Crippen LogP contribution < -0.4 is 33.6 Å². The summed E-state index contributed by atoms with van der Waals surface area (Å²) in [5.74, 6) is 0. The molecule has 10 nitrogen and oxygen atoms in total. The Morgan fingerprint density at radius 3 is 1.24 bits per heavy atom. The van der Waals surface area contributed by atoms with E-state index < -0.39 is 0 Å². The first kappa shape index (κ1) is 36.6. The first-order chi connectivity index (χ1) is 18.1. The maximum Gasteiger partial charge on any atom is 0.0110 e. The average molecular weight is 531 g/mol. The van der Waals surface area contributed by atoms with E-state index >= 15 is 0 Å². The van der Waals surface area contributed by atoms with Crippen molar-refractivity contribution in [2.75, 3.05) is 131 Å². The standard InChI is InChI=1S/C27H66N10/c1-3-5-6-7-17-35(24-26-36(19-10-30)20-11-31)25-27-37(22-13-32-12-8-28)23-15-33-14-21-34(16-4-2)18-9-29/h32-33H,3-31H2,1-2H3. The van der Waals surface area contributed by atoms with Crippen LogP contribution in [0.4, 0.5) is 0 Å². The van der Waals surface area contributed by atoms with Gasteiger partial charge in [0.1, 0.15) is 0 Å². The third kappa shape index (κ3) is 23.2. The molecule has 0 saturated carbocycles. The zero-order chi connectivity index (χ0) is 27.4. The molecule has 224 valence electrons. The van der Waals surface area contributed by atoms with Crippen LogP contribution in [0.2, 0.25) is 0 Å². The summed E-state index contributed by atoms with van der Waals surface area (Å²) in [6.45, 7) is 23.8. The molecule has 0 bridgehead atoms. The lowest BCUT2D eigenvalue weighted by Crippen LogP contribution is -2.45. The van der Waals surface area contributed by atoms with Crippen LogP contribution in [0.15, 0.2) is 0 Å². The van der Waals surface area contributed by atoms with E-state index in [1.807, 2.05) is 0 Å². The van der Waals surface area contributed by atoms with Crippen molar-refractivity contribution in [1.82, 2.24) is 30.2 Å². The molecule has 0 aliphatic rings. The minimum Gasteiger partial charge on any atom is -0.329 e. The van der Waals surface area contributed by atoms with Gasteiger partial charge in [0, 0.05) is 118 Å². The highest BCUT2D eigenvalue weighted by molar-refractivity contribution is 4.70. The van der Waals surface area contributed by atoms with Crippen LogP contribution in [-0.4, -0.2) is 150 Å². The van der Waals surface area contributed by atoms with Crippen molar-refractivity contribution in [2.24, 2.45) is 22.9 Å². The Kier molecular flexibility index (Phi) is 28.3. The molecule has 37 heavy (non-hydrogen) atoms. The van der Waals surface area contributed by atoms with Crippen LogP contribution >= 0.6 is 0 Å². The molecule has 10 N–H and O–H groups in total. The molecule has 0 spiro atoms. The summed E-state index contributed by atoms with van der Waals surface area (Å²) in [6.07, 6.45) is 6.37. The van der Waals surface area contributed by atoms with Crippen molar-refractivity contribution in [3.8, 4) is 0 Å². The lowest BCUT2D eigenvalue weighted by molar-refractivity contribution is 0.175. The number of unbranched alkanes of at least 4 members (excludes halogenated alkanes) is 3. The van der Waals surface area contributed by atoms with E-state index in [0.29, 0.717) is 19.6 Å². The maximum absolute atomic E-state index is 5.83. The Morgan fingerprint density at radius 1 is 0.378 bits per heavy atom. The van der Waals surface area contributed by atoms with Crippen molar-refractivity contribution >= 4 is 0 Å². The molecule has 0 fully saturated rings. The Morgan fingerprint density at radius 2 is 0.811 bits per heavy atom. The monoisotopic (exact) mass is 531 g/mol. The molecule has 0 radical (unpaired) electrons. The average Bonchev–Trinajstić information content (AvgIpc) is 2.89. The number of hydrogen-bond donors (Lipinski definition) is 6. The van der Waals surface area contributed by atoms with Crippen LogP contribution in [0.5, 0.6) is 0 Å². The molecule has 0 heterocycles. The van der Waals surface area contributed by atoms with E-state index in [4.69, 9.17) is 22.9 Å². The van der Waals surface area contributed by atoms with E-state index in [0.717, 1.165) is 105 Å². The summed E-state index contributed by atoms with van der Waals surface area (Å²) in [4.78, 5) is 10.1. The predicted molar refractivity (Wildman–Crippen MR) is 162 cm³/mol. The fraction of sp³-hybridized carbons (Fsp3) is 1.00. The highest BCUT2D eigenvalue weighted by Gasteiger charge is 2.12. The van der Waals surface area contributed by atoms with Gasteiger partial charge < -0.3 is 43.4 Å². The molecule has 0 aliphatic heterocycles. The Balaban J connectivity index is 4.75. The zero-order valence-electron chi connectivity index (χ0n) is 24.8. The third-order valence-electron chi connectivity index (χ3n) is 6.80. The van der Waals surface area contributed by atoms with Crippen molar-refractivity contribution in [2.45, 2.75) is 46.0 Å². The SMILES string of the molecule is CCCCCCN(CCN(CCN)CCN)CCN(CCNCCN)CCNCCN(CCC)CCN. The van der Waals surface area contributed by atoms with Gasteiger partial charge in [-0.2, -0.15) is 0 Å². The Labute approximate surface area is 230 Å². The number of nitrogens with zero attached hydrogens (tertiary/aromatic N) is 4. The second kappa shape index (κ2) is 28.6. The van der Waals surface area contributed by atoms with E-state index in [9.17, 15) is 0 Å². The van der Waals surface area contributed by atoms with Gasteiger partial charge in [-0.1, -0.05) is 33.1 Å². The van der Waals surface area contributed by atoms with Gasteiger partial charge in [0.25, 0.3) is 0 Å². The number of nitrogens with two attached hydrogens (primary N) is 4. The molecule has 10 heteroatoms. The molecular weight excluding hydrogens is 464 g/mol. The van der Waals surface area contributed by atoms with Gasteiger partial charge in [0.15, 0.2) is 0 Å². The second-order valence-corrected chi connectivity index (χ2v) is 10.1. The summed E-state index contributed by atoms with van der Waals surface area (Å²) >= 11 is 0. The molecule has 0 rings (SSSR count). The van der Waals surface area contributed by atoms with Crippen LogP contribution in [-0.2, 0) is 0 Å². The largest absolute Gasteiger partial charge is 0.329 e. The zero-order valence-corrected chi connectivity index (χ0v) is 24.8. The number of rotatable bonds is 30. The second-order valence-electron chi connectivity index (χ2n) is 10.1. The van der Waals surface area contributed by atoms with Gasteiger partial charge in [-0.25, -0.2) is 0 Å². The molecule has 0 aromatic rings. The summed E-state index contributed by atoms with van der Waals surface area (Å²) in [6, 6.07) is 0. The summed E-state index contributed by atoms with van der Waals surface area (Å²) in [5.41, 5.74) is 23.1. The lowest BCUT2D eigenvalue weighted by Gasteiger charge is -2.30. The fourth-order valence-corrected chi connectivity index (χ4v) is 4.60. The van der Waals surface area contributed by atoms with Crippen molar-refractivity contribution in [3.05, 3.63) is 0 Å². The quantitative estimate of drug-likeness (QED) is 0.0654. The van der Waals surface area contributed by atoms with Gasteiger partial charge in [-0.3, -0.25) is 9.80 Å². The highest BCUT2D eigenvalue weighted by atomic mass is 15.2. The van der Waals surface area contributed by atoms with Crippen LogP contribution in [0.25, 0.3) is 0 Å². The van der Waals surface area contributed by atoms with E-state index in [-0.39, 0.29) is 0 Å². The normalized spacial score (nSPS) is 12.2. The minimum absolute atomic E-state index is 0.687. The molecule has 0 saturated heterocycles. The molecule has 0 unspecified atom stereocenters. The summed E-state index contributed by atoms with van der Waals surface area (Å²) < 4.78 is 0. The van der Waals surface area contributed by atoms with Gasteiger partial charge in [0.05, 0.1) is 0 Å². The molecular formula is C27H66N10. The third-order valence-corrected chi connectivity index (χ3v) is 6.80. The van der Waals surface area contributed by atoms with Crippen molar-refractivity contribution < 1.29 is 0 Å². The molecule has 0 aliphatic carbocycles. The summed E-state index contributed by atoms with van der Waals surface area (Å²) in [5, 5.41) is 7.13. The maximum atomic E-state index is 5.83. The first-order valence-corrected chi connectivity index (χ1v) is 15.3. The van der Waals surface area contributed by atoms with E-state index in [1.165, 1.54) is 38.6 Å². The van der Waals surface area contributed by atoms with E-state index in [2.05, 4.69) is 44.1 Å². The van der Waals surface area contributed by atoms with Gasteiger partial charge in [-0.15, -0.1) is 0 Å². The highest BCUT2D eigenvalue weighted by Crippen LogP contribution is 2.03. The van der Waals surface area contributed by atoms with Gasteiger partial charge in [0.2, 0.25) is 0 Å². The number of hydrogen-bond acceptors (Lipinski definition) is 10. The van der Waals surface area contributed by atoms with E-state index in [1.54, 1.807) is 0 Å². The molecule has 0 atom stereocenters. The molecule has 0 amide bonds. The summed E-state index contributed by atoms with van der Waals surface area (Å²) in [7, 11) is 0. The fourth-order valence-electron chi connectivity index (χ4n) is 4.60. The molecule has 0 aromatic heterocycles. The van der Waals surface area contributed by atoms with Crippen molar-refractivity contribution in [3.63, 3.8) is 0 Å². The molecule has 0 aromatic carbocycles. The number of nitrogens with one attached hydrogen (secondary N) is 2. The first-order valence-electron chi connectivity index (χ1n) is 15.3. The lowest BCUT2D eigenvalue weighted by atomic mass is 10.2. The van der Waals surface area contributed by atoms with Crippen molar-refractivity contribution in [1.29, 1.82) is 0 Å². The minimum atomic E-state index is 0.687. The van der Waals surface area contributed by atoms with Gasteiger partial charge >= 0.3 is 0 Å². The van der Waals surface area contributed by atoms with Crippen LogP contribution in [0.1, 0.15) is 46.0 Å². The van der Waals surface area contributed by atoms with Gasteiger partial charge in [-0.05, 0) is 25.9 Å². The van der Waals surface area contributed by atoms with Crippen LogP contribution in [0.3, 0.4) is 0 Å². The predicted octanol–water partition coefficient (Wildman–Crippen LogP) is -0.801. The smallest absolute Gasteiger partial charge is 0.0110 e. The topological polar surface area (TPSA) is 141 Å².